The highest BCUT2D eigenvalue weighted by Crippen LogP contribution is 2.29. The molecule has 33 heavy (non-hydrogen) atoms. The van der Waals surface area contributed by atoms with Crippen LogP contribution in [0, 0.1) is 5.82 Å². The molecule has 0 aliphatic carbocycles. The Morgan fingerprint density at radius 2 is 1.97 bits per heavy atom. The van der Waals surface area contributed by atoms with Crippen molar-refractivity contribution in [3.8, 4) is 11.4 Å². The maximum absolute atomic E-state index is 13.3. The number of aromatic nitrogens is 3. The van der Waals surface area contributed by atoms with Crippen molar-refractivity contribution in [3.63, 3.8) is 0 Å². The van der Waals surface area contributed by atoms with E-state index in [9.17, 15) is 14.0 Å². The molecule has 8 nitrogen and oxygen atoms in total. The van der Waals surface area contributed by atoms with Crippen molar-refractivity contribution in [2.24, 2.45) is 0 Å². The molecule has 1 amide bonds. The lowest BCUT2D eigenvalue weighted by atomic mass is 10.0. The molecule has 10 heteroatoms. The van der Waals surface area contributed by atoms with Crippen LogP contribution in [0.25, 0.3) is 11.4 Å². The molecule has 2 heterocycles. The van der Waals surface area contributed by atoms with E-state index in [1.54, 1.807) is 17.0 Å². The second-order valence-electron chi connectivity index (χ2n) is 8.01. The van der Waals surface area contributed by atoms with Crippen LogP contribution in [-0.2, 0) is 4.79 Å². The van der Waals surface area contributed by atoms with Gasteiger partial charge in [0.25, 0.3) is 5.89 Å². The topological polar surface area (TPSA) is 104 Å². The van der Waals surface area contributed by atoms with E-state index in [0.717, 1.165) is 12.8 Å². The van der Waals surface area contributed by atoms with E-state index in [0.29, 0.717) is 36.3 Å². The van der Waals surface area contributed by atoms with Crippen molar-refractivity contribution in [3.05, 3.63) is 59.3 Å². The third kappa shape index (κ3) is 7.23. The van der Waals surface area contributed by atoms with Crippen LogP contribution in [0.1, 0.15) is 54.5 Å². The number of rotatable bonds is 12. The van der Waals surface area contributed by atoms with Gasteiger partial charge in [-0.05, 0) is 51.2 Å². The molecule has 0 radical (unpaired) electrons. The van der Waals surface area contributed by atoms with Crippen LogP contribution in [0.2, 0.25) is 5.15 Å². The van der Waals surface area contributed by atoms with Crippen molar-refractivity contribution in [2.75, 3.05) is 20.6 Å². The minimum absolute atomic E-state index is 0.126. The maximum atomic E-state index is 13.3. The zero-order chi connectivity index (χ0) is 23.8. The number of oxazole rings is 1. The summed E-state index contributed by atoms with van der Waals surface area (Å²) in [7, 11) is 3.63. The van der Waals surface area contributed by atoms with E-state index in [1.165, 1.54) is 24.6 Å². The normalized spacial score (nSPS) is 12.2. The molecule has 0 bridgehead atoms. The molecule has 176 valence electrons. The van der Waals surface area contributed by atoms with E-state index < -0.39 is 0 Å². The largest absolute Gasteiger partial charge is 0.442 e. The van der Waals surface area contributed by atoms with Gasteiger partial charge in [-0.2, -0.15) is 0 Å². The quantitative estimate of drug-likeness (QED) is 0.297. The summed E-state index contributed by atoms with van der Waals surface area (Å²) in [5, 5.41) is 3.27. The Balaban J connectivity index is 1.64. The highest BCUT2D eigenvalue weighted by molar-refractivity contribution is 6.30. The number of H-pyrrole nitrogens is 1. The number of Topliss-reactive ketones (excluding diaryl/α,β-unsaturated/α-hetero) is 1. The molecular weight excluding hydrogens is 449 g/mol. The number of hydrogen-bond donors (Lipinski definition) is 2. The molecule has 1 atom stereocenters. The summed E-state index contributed by atoms with van der Waals surface area (Å²) in [6.07, 6.45) is 5.99. The van der Waals surface area contributed by atoms with E-state index in [-0.39, 0.29) is 41.1 Å². The van der Waals surface area contributed by atoms with Gasteiger partial charge in [0.15, 0.2) is 5.15 Å². The fourth-order valence-corrected chi connectivity index (χ4v) is 3.70. The van der Waals surface area contributed by atoms with Crippen LogP contribution in [-0.4, -0.2) is 52.2 Å². The fraction of sp³-hybridized carbons (Fsp3) is 0.391. The van der Waals surface area contributed by atoms with Crippen molar-refractivity contribution < 1.29 is 18.4 Å². The lowest BCUT2D eigenvalue weighted by molar-refractivity contribution is -0.122. The van der Waals surface area contributed by atoms with Crippen LogP contribution < -0.4 is 5.32 Å². The number of carbonyl (C=O) groups is 2. The number of carbonyl (C=O) groups excluding carboxylic acids is 2. The standard InChI is InChI=1S/C23H27ClFN5O3/c1-30(2)14-19(32)27-17(6-4-3-5-7-18(31)23-26-12-13-33-23)20-21(24)29-22(28-20)15-8-10-16(25)11-9-15/h8-13,17H,3-7,14H2,1-2H3,(H,27,32)(H,28,29)/t17-/m0/s1. The van der Waals surface area contributed by atoms with E-state index in [1.807, 2.05) is 14.1 Å². The maximum Gasteiger partial charge on any atom is 0.263 e. The molecule has 0 aliphatic heterocycles. The molecule has 0 fully saturated rings. The number of nitrogens with zero attached hydrogens (tertiary/aromatic N) is 3. The summed E-state index contributed by atoms with van der Waals surface area (Å²) in [5.41, 5.74) is 1.28. The highest BCUT2D eigenvalue weighted by Gasteiger charge is 2.22. The number of halogens is 2. The zero-order valence-corrected chi connectivity index (χ0v) is 19.4. The summed E-state index contributed by atoms with van der Waals surface area (Å²) in [6.45, 7) is 0.234. The van der Waals surface area contributed by atoms with Gasteiger partial charge in [0.1, 0.15) is 17.9 Å². The third-order valence-electron chi connectivity index (χ3n) is 5.01. The van der Waals surface area contributed by atoms with Gasteiger partial charge >= 0.3 is 0 Å². The second-order valence-corrected chi connectivity index (χ2v) is 8.37. The van der Waals surface area contributed by atoms with E-state index in [4.69, 9.17) is 16.0 Å². The number of amides is 1. The van der Waals surface area contributed by atoms with Gasteiger partial charge in [-0.1, -0.05) is 24.4 Å². The first kappa shape index (κ1) is 24.6. The highest BCUT2D eigenvalue weighted by atomic mass is 35.5. The van der Waals surface area contributed by atoms with Crippen molar-refractivity contribution in [2.45, 2.75) is 38.1 Å². The average Bonchev–Trinajstić information content (AvgIpc) is 3.43. The Kier molecular flexibility index (Phi) is 8.73. The summed E-state index contributed by atoms with van der Waals surface area (Å²) >= 11 is 6.41. The number of likely N-dealkylation sites (N-methyl/N-ethyl adjacent to an activating group) is 1. The minimum atomic E-state index is -0.380. The van der Waals surface area contributed by atoms with Crippen LogP contribution >= 0.6 is 11.6 Å². The summed E-state index contributed by atoms with van der Waals surface area (Å²) < 4.78 is 18.3. The van der Waals surface area contributed by atoms with Crippen molar-refractivity contribution >= 4 is 23.3 Å². The molecule has 0 saturated carbocycles. The van der Waals surface area contributed by atoms with Crippen LogP contribution in [0.5, 0.6) is 0 Å². The molecule has 0 saturated heterocycles. The SMILES string of the molecule is CN(C)CC(=O)N[C@@H](CCCCCC(=O)c1ncco1)c1[nH]c(-c2ccc(F)cc2)nc1Cl. The average molecular weight is 476 g/mol. The number of ketones is 1. The number of hydrogen-bond acceptors (Lipinski definition) is 6. The Labute approximate surface area is 196 Å². The first-order chi connectivity index (χ1) is 15.8. The van der Waals surface area contributed by atoms with E-state index in [2.05, 4.69) is 20.3 Å². The third-order valence-corrected chi connectivity index (χ3v) is 5.30. The molecule has 0 spiro atoms. The van der Waals surface area contributed by atoms with Crippen LogP contribution in [0.15, 0.2) is 41.1 Å². The molecular formula is C23H27ClFN5O3. The predicted molar refractivity (Wildman–Crippen MR) is 122 cm³/mol. The Bertz CT molecular complexity index is 1050. The second kappa shape index (κ2) is 11.7. The van der Waals surface area contributed by atoms with Gasteiger partial charge in [-0.15, -0.1) is 0 Å². The summed E-state index contributed by atoms with van der Waals surface area (Å²) in [4.78, 5) is 37.6. The molecule has 3 rings (SSSR count). The molecule has 2 aromatic heterocycles. The Morgan fingerprint density at radius 1 is 1.21 bits per heavy atom. The number of unbranched alkanes of at least 4 members (excludes halogenated alkanes) is 2. The molecule has 1 aromatic carbocycles. The number of aromatic amines is 1. The van der Waals surface area contributed by atoms with Gasteiger partial charge in [-0.25, -0.2) is 14.4 Å². The summed E-state index contributed by atoms with van der Waals surface area (Å²) in [6, 6.07) is 5.54. The zero-order valence-electron chi connectivity index (χ0n) is 18.6. The van der Waals surface area contributed by atoms with Crippen molar-refractivity contribution in [1.29, 1.82) is 0 Å². The van der Waals surface area contributed by atoms with Gasteiger partial charge < -0.3 is 19.6 Å². The monoisotopic (exact) mass is 475 g/mol. The number of imidazole rings is 1. The molecule has 3 aromatic rings. The van der Waals surface area contributed by atoms with Crippen LogP contribution in [0.3, 0.4) is 0 Å². The van der Waals surface area contributed by atoms with Gasteiger partial charge in [0.05, 0.1) is 24.5 Å². The molecule has 0 unspecified atom stereocenters. The van der Waals surface area contributed by atoms with Gasteiger partial charge in [-0.3, -0.25) is 9.59 Å². The van der Waals surface area contributed by atoms with Crippen molar-refractivity contribution in [1.82, 2.24) is 25.2 Å². The van der Waals surface area contributed by atoms with Crippen LogP contribution in [0.4, 0.5) is 4.39 Å². The van der Waals surface area contributed by atoms with Gasteiger partial charge in [0.2, 0.25) is 11.7 Å². The first-order valence-corrected chi connectivity index (χ1v) is 11.1. The lowest BCUT2D eigenvalue weighted by Crippen LogP contribution is -2.36. The number of benzene rings is 1. The number of nitrogens with one attached hydrogen (secondary N) is 2. The smallest absolute Gasteiger partial charge is 0.263 e. The predicted octanol–water partition coefficient (Wildman–Crippen LogP) is 4.41. The van der Waals surface area contributed by atoms with Gasteiger partial charge in [0, 0.05) is 12.0 Å². The Hall–Kier alpha value is -3.04. The lowest BCUT2D eigenvalue weighted by Gasteiger charge is -2.19. The Morgan fingerprint density at radius 3 is 2.64 bits per heavy atom. The summed E-state index contributed by atoms with van der Waals surface area (Å²) in [5.74, 6) is 0.0148. The van der Waals surface area contributed by atoms with E-state index >= 15 is 0 Å². The molecule has 0 aliphatic rings. The molecule has 2 N–H and O–H groups in total. The minimum Gasteiger partial charge on any atom is -0.442 e. The fourth-order valence-electron chi connectivity index (χ4n) is 3.44. The first-order valence-electron chi connectivity index (χ1n) is 10.7.